The lowest BCUT2D eigenvalue weighted by Crippen LogP contribution is -2.55. The van der Waals surface area contributed by atoms with E-state index in [1.54, 1.807) is 39.7 Å². The molecule has 4 aliphatic heterocycles. The Kier molecular flexibility index (Phi) is 12.3. The number of aliphatic carboxylic acids is 1. The maximum Gasteiger partial charge on any atom is 0.349 e. The average Bonchev–Trinajstić information content (AvgIpc) is 3.81. The number of amides is 3. The number of carbonyl (C=O) groups is 5. The normalized spacial score (nSPS) is 19.7. The van der Waals surface area contributed by atoms with E-state index < -0.39 is 46.1 Å². The number of piperidine rings is 3. The number of ether oxygens (including phenoxy) is 1. The molecular formula is C50H48ClN7O10S2. The summed E-state index contributed by atoms with van der Waals surface area (Å²) in [5, 5.41) is 27.3. The Balaban J connectivity index is 0.788. The molecule has 0 bridgehead atoms. The van der Waals surface area contributed by atoms with Gasteiger partial charge in [-0.05, 0) is 104 Å². The third-order valence-electron chi connectivity index (χ3n) is 13.8. The third kappa shape index (κ3) is 8.79. The van der Waals surface area contributed by atoms with Crippen LogP contribution in [0.3, 0.4) is 0 Å². The monoisotopic (exact) mass is 1010 g/mol. The lowest BCUT2D eigenvalue weighted by atomic mass is 9.85. The molecular weight excluding hydrogens is 958 g/mol. The van der Waals surface area contributed by atoms with Crippen molar-refractivity contribution in [2.75, 3.05) is 41.4 Å². The molecule has 6 aromatic rings. The van der Waals surface area contributed by atoms with E-state index in [2.05, 4.69) is 21.6 Å². The Labute approximate surface area is 411 Å². The largest absolute Gasteiger partial charge is 0.479 e. The van der Waals surface area contributed by atoms with Crippen molar-refractivity contribution in [3.05, 3.63) is 106 Å². The van der Waals surface area contributed by atoms with E-state index >= 15 is 0 Å². The number of carboxylic acid groups (broad SMARTS) is 2. The minimum Gasteiger partial charge on any atom is -0.479 e. The first-order chi connectivity index (χ1) is 33.5. The topological polar surface area (TPSA) is 229 Å². The number of benzene rings is 4. The quantitative estimate of drug-likeness (QED) is 0.0815. The van der Waals surface area contributed by atoms with Crippen LogP contribution in [0.4, 0.5) is 17.3 Å². The summed E-state index contributed by atoms with van der Waals surface area (Å²) in [4.78, 5) is 75.0. The number of nitrogens with one attached hydrogen (secondary N) is 2. The number of aromatic nitrogens is 2. The molecule has 3 saturated heterocycles. The summed E-state index contributed by atoms with van der Waals surface area (Å²) in [5.41, 5.74) is 4.24. The zero-order valence-corrected chi connectivity index (χ0v) is 40.5. The van der Waals surface area contributed by atoms with Crippen molar-refractivity contribution in [2.24, 2.45) is 0 Å². The summed E-state index contributed by atoms with van der Waals surface area (Å²) in [5.74, 6) is -3.22. The number of thiophene rings is 1. The van der Waals surface area contributed by atoms with E-state index in [1.807, 2.05) is 56.3 Å². The fraction of sp³-hybridized carbons (Fsp3) is 0.340. The minimum atomic E-state index is -3.78. The second kappa shape index (κ2) is 18.3. The maximum absolute atomic E-state index is 14.2. The summed E-state index contributed by atoms with van der Waals surface area (Å²) < 4.78 is 35.2. The molecule has 17 nitrogen and oxygen atoms in total. The van der Waals surface area contributed by atoms with Gasteiger partial charge in [-0.2, -0.15) is 4.31 Å². The van der Waals surface area contributed by atoms with Gasteiger partial charge in [0.05, 0.1) is 21.8 Å². The standard InChI is InChI=1S/C50H48ClN7O10S2/c1-50(2)23-32(53-31-6-3-5-29(22-31)44-42(51)43(68-25-40(60)61)45(69-44)48(64)65)17-20-57(50)70(66,67)26-27-9-10-30-24-52-49(54-36(30)21-27)56-18-15-28(16-19-56)33-11-12-37-41-34(33)7-4-8-35(41)47(63)58(37)38-13-14-39(59)55-46(38)62/h3-12,21-22,24,28,32,38,53H,13-20,23,25-26H2,1-2H3,(H,60,61)(H,64,65)(H,55,59,62). The molecule has 2 atom stereocenters. The Morgan fingerprint density at radius 3 is 2.50 bits per heavy atom. The lowest BCUT2D eigenvalue weighted by Gasteiger charge is -2.45. The predicted octanol–water partition coefficient (Wildman–Crippen LogP) is 7.66. The maximum atomic E-state index is 14.2. The van der Waals surface area contributed by atoms with Crippen molar-refractivity contribution in [3.8, 4) is 16.2 Å². The summed E-state index contributed by atoms with van der Waals surface area (Å²) in [6, 6.07) is 21.6. The number of carbonyl (C=O) groups excluding carboxylic acids is 3. The average molecular weight is 1010 g/mol. The summed E-state index contributed by atoms with van der Waals surface area (Å²) >= 11 is 7.43. The van der Waals surface area contributed by atoms with Gasteiger partial charge >= 0.3 is 11.9 Å². The van der Waals surface area contributed by atoms with Gasteiger partial charge in [-0.25, -0.2) is 28.0 Å². The second-order valence-corrected chi connectivity index (χ2v) is 22.1. The Morgan fingerprint density at radius 1 is 0.971 bits per heavy atom. The van der Waals surface area contributed by atoms with Crippen LogP contribution in [0.1, 0.15) is 89.4 Å². The van der Waals surface area contributed by atoms with Gasteiger partial charge in [0.25, 0.3) is 5.91 Å². The predicted molar refractivity (Wildman–Crippen MR) is 266 cm³/mol. The van der Waals surface area contributed by atoms with E-state index in [0.717, 1.165) is 51.6 Å². The van der Waals surface area contributed by atoms with E-state index in [-0.39, 0.29) is 64.6 Å². The van der Waals surface area contributed by atoms with Crippen LogP contribution in [0.25, 0.3) is 32.1 Å². The molecule has 20 heteroatoms. The number of imide groups is 1. The van der Waals surface area contributed by atoms with E-state index in [4.69, 9.17) is 31.4 Å². The zero-order chi connectivity index (χ0) is 49.2. The molecule has 362 valence electrons. The van der Waals surface area contributed by atoms with Gasteiger partial charge in [0.1, 0.15) is 11.1 Å². The van der Waals surface area contributed by atoms with Gasteiger partial charge in [-0.1, -0.05) is 54.1 Å². The fourth-order valence-electron chi connectivity index (χ4n) is 10.6. The van der Waals surface area contributed by atoms with E-state index in [1.165, 1.54) is 0 Å². The molecule has 2 unspecified atom stereocenters. The highest BCUT2D eigenvalue weighted by Gasteiger charge is 2.43. The molecule has 4 aliphatic rings. The van der Waals surface area contributed by atoms with Gasteiger partial charge in [0.2, 0.25) is 27.8 Å². The highest BCUT2D eigenvalue weighted by molar-refractivity contribution is 7.88. The number of anilines is 3. The van der Waals surface area contributed by atoms with Crippen molar-refractivity contribution < 1.29 is 47.3 Å². The number of fused-ring (bicyclic) bond motifs is 1. The number of rotatable bonds is 13. The summed E-state index contributed by atoms with van der Waals surface area (Å²) in [6.07, 6.45) is 4.87. The smallest absolute Gasteiger partial charge is 0.349 e. The SMILES string of the molecule is CC1(C)CC(Nc2cccc(-c3sc(C(=O)O)c(OCC(=O)O)c3Cl)c2)CCN1S(=O)(=O)Cc1ccc2cnc(N3CCC(c4ccc5c6c(cccc46)C(=O)N5C4CCC(=O)NC4=O)CC3)nc2c1. The molecule has 4 N–H and O–H groups in total. The lowest BCUT2D eigenvalue weighted by molar-refractivity contribution is -0.139. The summed E-state index contributed by atoms with van der Waals surface area (Å²) in [6.45, 7) is 4.74. The van der Waals surface area contributed by atoms with Crippen LogP contribution in [0, 0.1) is 0 Å². The van der Waals surface area contributed by atoms with Crippen molar-refractivity contribution in [1.29, 1.82) is 0 Å². The van der Waals surface area contributed by atoms with E-state index in [9.17, 15) is 37.5 Å². The first-order valence-corrected chi connectivity index (χ1v) is 25.8. The van der Waals surface area contributed by atoms with Gasteiger partial charge in [0, 0.05) is 65.9 Å². The molecule has 0 aliphatic carbocycles. The zero-order valence-electron chi connectivity index (χ0n) is 38.1. The molecule has 3 amide bonds. The number of hydrogen-bond acceptors (Lipinski definition) is 13. The number of nitrogens with zero attached hydrogens (tertiary/aromatic N) is 5. The van der Waals surface area contributed by atoms with Crippen molar-refractivity contribution in [2.45, 2.75) is 81.7 Å². The number of sulfonamides is 1. The van der Waals surface area contributed by atoms with Crippen LogP contribution in [-0.4, -0.2) is 106 Å². The molecule has 0 saturated carbocycles. The number of aromatic carboxylic acids is 1. The molecule has 3 fully saturated rings. The first-order valence-electron chi connectivity index (χ1n) is 23.0. The fourth-order valence-corrected chi connectivity index (χ4v) is 14.0. The van der Waals surface area contributed by atoms with Crippen LogP contribution in [-0.2, 0) is 30.2 Å². The summed E-state index contributed by atoms with van der Waals surface area (Å²) in [7, 11) is -3.78. The third-order valence-corrected chi connectivity index (χ3v) is 17.5. The van der Waals surface area contributed by atoms with Crippen LogP contribution >= 0.6 is 22.9 Å². The van der Waals surface area contributed by atoms with Crippen LogP contribution in [0.2, 0.25) is 5.02 Å². The Bertz CT molecular complexity index is 3280. The van der Waals surface area contributed by atoms with Gasteiger partial charge < -0.3 is 25.2 Å². The van der Waals surface area contributed by atoms with Crippen LogP contribution in [0.5, 0.6) is 5.75 Å². The van der Waals surface area contributed by atoms with Crippen LogP contribution < -0.4 is 25.2 Å². The van der Waals surface area contributed by atoms with Gasteiger partial charge in [-0.3, -0.25) is 24.6 Å². The van der Waals surface area contributed by atoms with E-state index in [0.29, 0.717) is 64.7 Å². The van der Waals surface area contributed by atoms with Crippen LogP contribution in [0.15, 0.2) is 79.0 Å². The highest BCUT2D eigenvalue weighted by Crippen LogP contribution is 2.47. The highest BCUT2D eigenvalue weighted by atomic mass is 35.5. The van der Waals surface area contributed by atoms with Gasteiger partial charge in [0.15, 0.2) is 17.2 Å². The number of hydrogen-bond donors (Lipinski definition) is 4. The molecule has 0 spiro atoms. The number of carboxylic acids is 2. The molecule has 70 heavy (non-hydrogen) atoms. The van der Waals surface area contributed by atoms with Crippen molar-refractivity contribution in [3.63, 3.8) is 0 Å². The van der Waals surface area contributed by atoms with Gasteiger partial charge in [-0.15, -0.1) is 11.3 Å². The second-order valence-electron chi connectivity index (χ2n) is 18.8. The van der Waals surface area contributed by atoms with Crippen molar-refractivity contribution >= 4 is 102 Å². The number of halogens is 1. The molecule has 4 aromatic carbocycles. The molecule has 0 radical (unpaired) electrons. The Morgan fingerprint density at radius 2 is 1.76 bits per heavy atom. The first kappa shape index (κ1) is 47.0. The van der Waals surface area contributed by atoms with Crippen molar-refractivity contribution in [1.82, 2.24) is 19.6 Å². The Hall–Kier alpha value is -6.67. The molecule has 2 aromatic heterocycles. The molecule has 10 rings (SSSR count). The minimum absolute atomic E-state index is 0.00714. The molecule has 6 heterocycles.